The second kappa shape index (κ2) is 5.07. The number of para-hydroxylation sites is 2. The van der Waals surface area contributed by atoms with Crippen LogP contribution in [-0.2, 0) is 6.54 Å². The van der Waals surface area contributed by atoms with Crippen LogP contribution < -0.4 is 10.1 Å². The van der Waals surface area contributed by atoms with E-state index in [1.54, 1.807) is 13.4 Å². The van der Waals surface area contributed by atoms with E-state index in [0.717, 1.165) is 21.7 Å². The van der Waals surface area contributed by atoms with Gasteiger partial charge in [0, 0.05) is 0 Å². The molecule has 16 heavy (non-hydrogen) atoms. The maximum Gasteiger partial charge on any atom is 0.141 e. The van der Waals surface area contributed by atoms with E-state index < -0.39 is 0 Å². The Bertz CT molecular complexity index is 468. The van der Waals surface area contributed by atoms with Crippen LogP contribution in [-0.4, -0.2) is 7.11 Å². The molecule has 0 saturated heterocycles. The fraction of sp³-hybridized carbons (Fsp3) is 0.167. The summed E-state index contributed by atoms with van der Waals surface area (Å²) in [5.74, 6) is 1.69. The Morgan fingerprint density at radius 1 is 1.31 bits per heavy atom. The Kier molecular flexibility index (Phi) is 3.51. The Labute approximate surface area is 103 Å². The molecular weight excluding hydrogens is 270 g/mol. The molecule has 0 bridgehead atoms. The first-order valence-electron chi connectivity index (χ1n) is 4.90. The smallest absolute Gasteiger partial charge is 0.141 e. The zero-order chi connectivity index (χ0) is 11.4. The predicted molar refractivity (Wildman–Crippen MR) is 66.7 cm³/mol. The number of rotatable bonds is 4. The lowest BCUT2D eigenvalue weighted by molar-refractivity contribution is 0.416. The van der Waals surface area contributed by atoms with Crippen LogP contribution in [0.25, 0.3) is 0 Å². The van der Waals surface area contributed by atoms with Crippen LogP contribution in [0, 0.1) is 0 Å². The largest absolute Gasteiger partial charge is 0.495 e. The maximum atomic E-state index is 5.31. The van der Waals surface area contributed by atoms with E-state index in [4.69, 9.17) is 9.15 Å². The summed E-state index contributed by atoms with van der Waals surface area (Å²) in [5, 5.41) is 3.26. The average Bonchev–Trinajstić information content (AvgIpc) is 2.72. The minimum atomic E-state index is 0.619. The molecular formula is C12H12BrNO2. The summed E-state index contributed by atoms with van der Waals surface area (Å²) >= 11 is 3.41. The number of halogens is 1. The maximum absolute atomic E-state index is 5.31. The second-order valence-electron chi connectivity index (χ2n) is 3.25. The molecule has 0 atom stereocenters. The topological polar surface area (TPSA) is 34.4 Å². The summed E-state index contributed by atoms with van der Waals surface area (Å²) < 4.78 is 11.5. The third-order valence-electron chi connectivity index (χ3n) is 2.24. The third-order valence-corrected chi connectivity index (χ3v) is 2.94. The number of anilines is 1. The molecule has 0 aliphatic heterocycles. The van der Waals surface area contributed by atoms with Crippen molar-refractivity contribution in [2.75, 3.05) is 12.4 Å². The minimum Gasteiger partial charge on any atom is -0.495 e. The van der Waals surface area contributed by atoms with E-state index in [1.807, 2.05) is 30.3 Å². The van der Waals surface area contributed by atoms with Crippen LogP contribution in [0.3, 0.4) is 0 Å². The zero-order valence-corrected chi connectivity index (χ0v) is 10.5. The third kappa shape index (κ3) is 2.39. The van der Waals surface area contributed by atoms with E-state index in [0.29, 0.717) is 6.54 Å². The molecule has 4 heteroatoms. The molecule has 1 aromatic heterocycles. The lowest BCUT2D eigenvalue weighted by Crippen LogP contribution is -2.00. The van der Waals surface area contributed by atoms with E-state index in [1.165, 1.54) is 0 Å². The fourth-order valence-corrected chi connectivity index (χ4v) is 1.76. The first kappa shape index (κ1) is 11.1. The van der Waals surface area contributed by atoms with Crippen molar-refractivity contribution in [2.45, 2.75) is 6.54 Å². The summed E-state index contributed by atoms with van der Waals surface area (Å²) in [6.45, 7) is 0.619. The molecule has 1 N–H and O–H groups in total. The van der Waals surface area contributed by atoms with E-state index in [2.05, 4.69) is 21.2 Å². The van der Waals surface area contributed by atoms with Gasteiger partial charge in [-0.15, -0.1) is 0 Å². The van der Waals surface area contributed by atoms with Crippen LogP contribution in [0.15, 0.2) is 45.5 Å². The molecule has 2 rings (SSSR count). The van der Waals surface area contributed by atoms with Crippen molar-refractivity contribution in [1.29, 1.82) is 0 Å². The molecule has 0 saturated carbocycles. The first-order valence-corrected chi connectivity index (χ1v) is 5.69. The van der Waals surface area contributed by atoms with Gasteiger partial charge in [0.25, 0.3) is 0 Å². The van der Waals surface area contributed by atoms with Crippen LogP contribution in [0.1, 0.15) is 5.76 Å². The molecule has 3 nitrogen and oxygen atoms in total. The fourth-order valence-electron chi connectivity index (χ4n) is 1.42. The lowest BCUT2D eigenvalue weighted by Gasteiger charge is -2.09. The predicted octanol–water partition coefficient (Wildman–Crippen LogP) is 3.66. The molecule has 1 heterocycles. The van der Waals surface area contributed by atoms with Gasteiger partial charge in [0.2, 0.25) is 0 Å². The number of nitrogens with one attached hydrogen (secondary N) is 1. The first-order chi connectivity index (χ1) is 7.81. The van der Waals surface area contributed by atoms with Gasteiger partial charge < -0.3 is 14.5 Å². The highest BCUT2D eigenvalue weighted by Crippen LogP contribution is 2.25. The van der Waals surface area contributed by atoms with Gasteiger partial charge in [-0.1, -0.05) is 12.1 Å². The van der Waals surface area contributed by atoms with Crippen molar-refractivity contribution in [3.63, 3.8) is 0 Å². The van der Waals surface area contributed by atoms with Crippen molar-refractivity contribution < 1.29 is 9.15 Å². The van der Waals surface area contributed by atoms with Crippen LogP contribution >= 0.6 is 15.9 Å². The molecule has 0 unspecified atom stereocenters. The summed E-state index contributed by atoms with van der Waals surface area (Å²) in [4.78, 5) is 0. The second-order valence-corrected chi connectivity index (χ2v) is 4.10. The summed E-state index contributed by atoms with van der Waals surface area (Å²) in [5.41, 5.74) is 0.952. The van der Waals surface area contributed by atoms with Crippen molar-refractivity contribution in [3.8, 4) is 5.75 Å². The molecule has 84 valence electrons. The van der Waals surface area contributed by atoms with Gasteiger partial charge in [-0.25, -0.2) is 0 Å². The molecule has 1 aromatic carbocycles. The Hall–Kier alpha value is -1.42. The molecule has 0 amide bonds. The van der Waals surface area contributed by atoms with Crippen molar-refractivity contribution >= 4 is 21.6 Å². The van der Waals surface area contributed by atoms with Gasteiger partial charge in [-0.2, -0.15) is 0 Å². The van der Waals surface area contributed by atoms with Crippen LogP contribution in [0.5, 0.6) is 5.75 Å². The van der Waals surface area contributed by atoms with Gasteiger partial charge in [0.1, 0.15) is 11.5 Å². The average molecular weight is 282 g/mol. The number of methoxy groups -OCH3 is 1. The van der Waals surface area contributed by atoms with Crippen LogP contribution in [0.2, 0.25) is 0 Å². The van der Waals surface area contributed by atoms with Crippen molar-refractivity contribution in [1.82, 2.24) is 0 Å². The zero-order valence-electron chi connectivity index (χ0n) is 8.87. The number of benzene rings is 1. The normalized spacial score (nSPS) is 10.1. The highest BCUT2D eigenvalue weighted by atomic mass is 79.9. The Balaban J connectivity index is 2.07. The monoisotopic (exact) mass is 281 g/mol. The van der Waals surface area contributed by atoms with E-state index in [9.17, 15) is 0 Å². The highest BCUT2D eigenvalue weighted by Gasteiger charge is 2.05. The van der Waals surface area contributed by atoms with Crippen molar-refractivity contribution in [2.24, 2.45) is 0 Å². The van der Waals surface area contributed by atoms with Gasteiger partial charge in [-0.3, -0.25) is 0 Å². The number of furan rings is 1. The molecule has 0 fully saturated rings. The van der Waals surface area contributed by atoms with Gasteiger partial charge in [-0.05, 0) is 34.1 Å². The van der Waals surface area contributed by atoms with E-state index >= 15 is 0 Å². The highest BCUT2D eigenvalue weighted by molar-refractivity contribution is 9.10. The number of ether oxygens (including phenoxy) is 1. The summed E-state index contributed by atoms with van der Waals surface area (Å²) in [7, 11) is 1.66. The molecule has 0 radical (unpaired) electrons. The molecule has 0 aliphatic carbocycles. The number of hydrogen-bond acceptors (Lipinski definition) is 3. The minimum absolute atomic E-state index is 0.619. The Morgan fingerprint density at radius 2 is 2.12 bits per heavy atom. The molecule has 0 spiro atoms. The number of hydrogen-bond donors (Lipinski definition) is 1. The molecule has 0 aliphatic rings. The lowest BCUT2D eigenvalue weighted by atomic mass is 10.3. The SMILES string of the molecule is COc1ccccc1NCc1occc1Br. The standard InChI is InChI=1S/C12H12BrNO2/c1-15-11-5-3-2-4-10(11)14-8-12-9(13)6-7-16-12/h2-7,14H,8H2,1H3. The van der Waals surface area contributed by atoms with Gasteiger partial charge >= 0.3 is 0 Å². The molecule has 2 aromatic rings. The van der Waals surface area contributed by atoms with E-state index in [-0.39, 0.29) is 0 Å². The summed E-state index contributed by atoms with van der Waals surface area (Å²) in [6, 6.07) is 9.66. The summed E-state index contributed by atoms with van der Waals surface area (Å²) in [6.07, 6.45) is 1.66. The van der Waals surface area contributed by atoms with Gasteiger partial charge in [0.15, 0.2) is 0 Å². The quantitative estimate of drug-likeness (QED) is 0.929. The van der Waals surface area contributed by atoms with Gasteiger partial charge in [0.05, 0.1) is 30.1 Å². The Morgan fingerprint density at radius 3 is 2.81 bits per heavy atom. The van der Waals surface area contributed by atoms with Crippen LogP contribution in [0.4, 0.5) is 5.69 Å². The van der Waals surface area contributed by atoms with Crippen molar-refractivity contribution in [3.05, 3.63) is 46.8 Å².